The summed E-state index contributed by atoms with van der Waals surface area (Å²) in [6.45, 7) is 1.25. The van der Waals surface area contributed by atoms with Crippen LogP contribution in [0.15, 0.2) is 24.4 Å². The second-order valence-corrected chi connectivity index (χ2v) is 3.70. The van der Waals surface area contributed by atoms with E-state index in [1.165, 1.54) is 6.07 Å². The van der Waals surface area contributed by atoms with Gasteiger partial charge in [0.1, 0.15) is 5.82 Å². The minimum absolute atomic E-state index is 0.245. The third kappa shape index (κ3) is 1.85. The predicted molar refractivity (Wildman–Crippen MR) is 58.8 cm³/mol. The zero-order valence-corrected chi connectivity index (χ0v) is 9.09. The number of fused-ring (bicyclic) bond motifs is 1. The summed E-state index contributed by atoms with van der Waals surface area (Å²) in [4.78, 5) is 0. The lowest BCUT2D eigenvalue weighted by Crippen LogP contribution is -2.02. The summed E-state index contributed by atoms with van der Waals surface area (Å²) in [6, 6.07) is 4.68. The van der Waals surface area contributed by atoms with Crippen LogP contribution in [-0.4, -0.2) is 18.3 Å². The fourth-order valence-electron chi connectivity index (χ4n) is 1.62. The molecule has 1 aromatic heterocycles. The van der Waals surface area contributed by atoms with Crippen LogP contribution < -0.4 is 0 Å². The van der Waals surface area contributed by atoms with E-state index in [-0.39, 0.29) is 5.82 Å². The number of hydrogen-bond donors (Lipinski definition) is 0. The number of rotatable bonds is 3. The van der Waals surface area contributed by atoms with Gasteiger partial charge in [-0.1, -0.05) is 11.6 Å². The van der Waals surface area contributed by atoms with Gasteiger partial charge in [-0.05, 0) is 18.2 Å². The lowest BCUT2D eigenvalue weighted by Gasteiger charge is -2.05. The molecule has 0 N–H and O–H groups in total. The highest BCUT2D eigenvalue weighted by atomic mass is 35.5. The van der Waals surface area contributed by atoms with Gasteiger partial charge in [0.25, 0.3) is 0 Å². The Kier molecular flexibility index (Phi) is 2.93. The molecule has 0 aliphatic heterocycles. The molecule has 0 unspecified atom stereocenters. The Hall–Kier alpha value is -1.06. The predicted octanol–water partition coefficient (Wildman–Crippen LogP) is 3.08. The molecule has 0 radical (unpaired) electrons. The lowest BCUT2D eigenvalue weighted by atomic mass is 10.2. The van der Waals surface area contributed by atoms with E-state index in [1.807, 2.05) is 10.8 Å². The number of nitrogens with zero attached hydrogens (tertiary/aromatic N) is 1. The Morgan fingerprint density at radius 2 is 2.20 bits per heavy atom. The third-order valence-corrected chi connectivity index (χ3v) is 2.66. The Bertz CT molecular complexity index is 481. The van der Waals surface area contributed by atoms with Crippen molar-refractivity contribution in [1.29, 1.82) is 0 Å². The van der Waals surface area contributed by atoms with Crippen molar-refractivity contribution in [2.24, 2.45) is 0 Å². The summed E-state index contributed by atoms with van der Waals surface area (Å²) < 4.78 is 20.3. The monoisotopic (exact) mass is 227 g/mol. The van der Waals surface area contributed by atoms with E-state index in [4.69, 9.17) is 16.3 Å². The van der Waals surface area contributed by atoms with Crippen molar-refractivity contribution in [2.45, 2.75) is 6.54 Å². The van der Waals surface area contributed by atoms with E-state index in [0.717, 1.165) is 5.52 Å². The maximum atomic E-state index is 13.4. The Morgan fingerprint density at radius 1 is 1.40 bits per heavy atom. The van der Waals surface area contributed by atoms with Crippen LogP contribution in [0.25, 0.3) is 10.9 Å². The molecule has 15 heavy (non-hydrogen) atoms. The minimum atomic E-state index is -0.245. The van der Waals surface area contributed by atoms with Crippen LogP contribution >= 0.6 is 11.6 Å². The fourth-order valence-corrected chi connectivity index (χ4v) is 1.90. The van der Waals surface area contributed by atoms with E-state index >= 15 is 0 Å². The summed E-state index contributed by atoms with van der Waals surface area (Å²) in [6.07, 6.45) is 1.82. The molecule has 4 heteroatoms. The van der Waals surface area contributed by atoms with Crippen molar-refractivity contribution in [1.82, 2.24) is 4.57 Å². The van der Waals surface area contributed by atoms with Gasteiger partial charge in [0.05, 0.1) is 17.1 Å². The molecule has 0 fully saturated rings. The summed E-state index contributed by atoms with van der Waals surface area (Å²) >= 11 is 6.03. The van der Waals surface area contributed by atoms with Gasteiger partial charge in [0.2, 0.25) is 0 Å². The Balaban J connectivity index is 2.53. The van der Waals surface area contributed by atoms with Crippen molar-refractivity contribution in [3.8, 4) is 0 Å². The fraction of sp³-hybridized carbons (Fsp3) is 0.273. The smallest absolute Gasteiger partial charge is 0.132 e. The Morgan fingerprint density at radius 3 is 2.93 bits per heavy atom. The normalized spacial score (nSPS) is 11.1. The van der Waals surface area contributed by atoms with Crippen molar-refractivity contribution < 1.29 is 9.13 Å². The molecule has 2 rings (SSSR count). The first-order valence-corrected chi connectivity index (χ1v) is 5.03. The minimum Gasteiger partial charge on any atom is -0.383 e. The molecule has 80 valence electrons. The van der Waals surface area contributed by atoms with Gasteiger partial charge < -0.3 is 9.30 Å². The summed E-state index contributed by atoms with van der Waals surface area (Å²) in [5.41, 5.74) is 0.730. The van der Waals surface area contributed by atoms with Gasteiger partial charge in [0, 0.05) is 25.2 Å². The van der Waals surface area contributed by atoms with Crippen LogP contribution in [0, 0.1) is 5.82 Å². The first-order chi connectivity index (χ1) is 7.24. The van der Waals surface area contributed by atoms with Crippen molar-refractivity contribution in [3.05, 3.63) is 35.2 Å². The molecule has 2 aromatic rings. The van der Waals surface area contributed by atoms with E-state index in [0.29, 0.717) is 23.6 Å². The maximum absolute atomic E-state index is 13.4. The SMILES string of the molecule is COCCn1ccc2c(F)ccc(Cl)c21. The van der Waals surface area contributed by atoms with Crippen LogP contribution in [0.5, 0.6) is 0 Å². The molecular weight excluding hydrogens is 217 g/mol. The number of hydrogen-bond acceptors (Lipinski definition) is 1. The molecule has 0 bridgehead atoms. The van der Waals surface area contributed by atoms with E-state index in [2.05, 4.69) is 0 Å². The van der Waals surface area contributed by atoms with Crippen LogP contribution in [0.4, 0.5) is 4.39 Å². The van der Waals surface area contributed by atoms with Gasteiger partial charge in [0.15, 0.2) is 0 Å². The van der Waals surface area contributed by atoms with Crippen molar-refractivity contribution >= 4 is 22.5 Å². The molecule has 0 aliphatic rings. The number of aromatic nitrogens is 1. The highest BCUT2D eigenvalue weighted by molar-refractivity contribution is 6.35. The second kappa shape index (κ2) is 4.21. The molecule has 1 heterocycles. The first kappa shape index (κ1) is 10.5. The summed E-state index contributed by atoms with van der Waals surface area (Å²) in [5, 5.41) is 1.12. The van der Waals surface area contributed by atoms with Crippen LogP contribution in [0.1, 0.15) is 0 Å². The van der Waals surface area contributed by atoms with Gasteiger partial charge in [-0.2, -0.15) is 0 Å². The zero-order valence-electron chi connectivity index (χ0n) is 8.34. The molecule has 1 aromatic carbocycles. The highest BCUT2D eigenvalue weighted by Gasteiger charge is 2.08. The topological polar surface area (TPSA) is 14.2 Å². The maximum Gasteiger partial charge on any atom is 0.132 e. The van der Waals surface area contributed by atoms with Crippen LogP contribution in [-0.2, 0) is 11.3 Å². The summed E-state index contributed by atoms with van der Waals surface area (Å²) in [5.74, 6) is -0.245. The number of ether oxygens (including phenoxy) is 1. The van der Waals surface area contributed by atoms with E-state index in [9.17, 15) is 4.39 Å². The van der Waals surface area contributed by atoms with Crippen molar-refractivity contribution in [2.75, 3.05) is 13.7 Å². The largest absolute Gasteiger partial charge is 0.383 e. The molecule has 0 spiro atoms. The lowest BCUT2D eigenvalue weighted by molar-refractivity contribution is 0.188. The van der Waals surface area contributed by atoms with Crippen molar-refractivity contribution in [3.63, 3.8) is 0 Å². The Labute approximate surface area is 92.2 Å². The average Bonchev–Trinajstić information content (AvgIpc) is 2.65. The van der Waals surface area contributed by atoms with E-state index in [1.54, 1.807) is 19.2 Å². The summed E-state index contributed by atoms with van der Waals surface area (Å²) in [7, 11) is 1.63. The molecular formula is C11H11ClFNO. The highest BCUT2D eigenvalue weighted by Crippen LogP contribution is 2.26. The van der Waals surface area contributed by atoms with Crippen LogP contribution in [0.3, 0.4) is 0 Å². The van der Waals surface area contributed by atoms with E-state index < -0.39 is 0 Å². The van der Waals surface area contributed by atoms with Gasteiger partial charge >= 0.3 is 0 Å². The average molecular weight is 228 g/mol. The second-order valence-electron chi connectivity index (χ2n) is 3.29. The van der Waals surface area contributed by atoms with Gasteiger partial charge in [-0.25, -0.2) is 4.39 Å². The standard InChI is InChI=1S/C11H11ClFNO/c1-15-7-6-14-5-4-8-10(13)3-2-9(12)11(8)14/h2-5H,6-7H2,1H3. The zero-order chi connectivity index (χ0) is 10.8. The molecule has 0 atom stereocenters. The quantitative estimate of drug-likeness (QED) is 0.786. The molecule has 2 nitrogen and oxygen atoms in total. The number of benzene rings is 1. The van der Waals surface area contributed by atoms with Gasteiger partial charge in [-0.3, -0.25) is 0 Å². The molecule has 0 amide bonds. The van der Waals surface area contributed by atoms with Gasteiger partial charge in [-0.15, -0.1) is 0 Å². The first-order valence-electron chi connectivity index (χ1n) is 4.66. The van der Waals surface area contributed by atoms with Crippen LogP contribution in [0.2, 0.25) is 5.02 Å². The number of methoxy groups -OCH3 is 1. The molecule has 0 saturated carbocycles. The third-order valence-electron chi connectivity index (χ3n) is 2.36. The molecule has 0 saturated heterocycles. The molecule has 0 aliphatic carbocycles. The number of halogens is 2.